The van der Waals surface area contributed by atoms with E-state index >= 15 is 0 Å². The van der Waals surface area contributed by atoms with Crippen molar-refractivity contribution in [2.45, 2.75) is 64.8 Å². The number of ether oxygens (including phenoxy) is 1. The van der Waals surface area contributed by atoms with Gasteiger partial charge >= 0.3 is 5.97 Å². The number of esters is 1. The summed E-state index contributed by atoms with van der Waals surface area (Å²) in [5.74, 6) is -0.807. The highest BCUT2D eigenvalue weighted by Crippen LogP contribution is 2.24. The Morgan fingerprint density at radius 2 is 1.84 bits per heavy atom. The summed E-state index contributed by atoms with van der Waals surface area (Å²) in [6.45, 7) is 6.00. The summed E-state index contributed by atoms with van der Waals surface area (Å²) in [6.07, 6.45) is 8.00. The number of aromatic nitrogens is 1. The number of carbonyl (C=O) groups excluding carboxylic acids is 3. The van der Waals surface area contributed by atoms with Crippen molar-refractivity contribution in [1.29, 1.82) is 0 Å². The normalized spacial score (nSPS) is 19.8. The number of hydrogen-bond acceptors (Lipinski definition) is 5. The number of H-pyrrole nitrogens is 1. The standard InChI is InChI=1S/C24H38N4O4/c1-16-20(24(31)32-4)17(2)26-21(16)23(30)28-13-8-9-18(15-28)22(29)25-12-14-27(3)19-10-6-5-7-11-19/h18-19,26H,5-15H2,1-4H3,(H,25,29)/t18-/m0/s1. The first-order valence-corrected chi connectivity index (χ1v) is 11.9. The maximum Gasteiger partial charge on any atom is 0.339 e. The highest BCUT2D eigenvalue weighted by atomic mass is 16.5. The second kappa shape index (κ2) is 11.0. The fourth-order valence-corrected chi connectivity index (χ4v) is 5.11. The number of aromatic amines is 1. The Morgan fingerprint density at radius 1 is 1.12 bits per heavy atom. The second-order valence-electron chi connectivity index (χ2n) is 9.27. The predicted octanol–water partition coefficient (Wildman–Crippen LogP) is 2.65. The third kappa shape index (κ3) is 5.52. The van der Waals surface area contributed by atoms with E-state index in [4.69, 9.17) is 4.74 Å². The lowest BCUT2D eigenvalue weighted by molar-refractivity contribution is -0.126. The molecule has 1 saturated heterocycles. The fraction of sp³-hybridized carbons (Fsp3) is 0.708. The molecule has 2 heterocycles. The zero-order valence-corrected chi connectivity index (χ0v) is 20.0. The zero-order chi connectivity index (χ0) is 23.3. The first-order chi connectivity index (χ1) is 15.3. The van der Waals surface area contributed by atoms with Gasteiger partial charge in [0, 0.05) is 37.9 Å². The SMILES string of the molecule is COC(=O)c1c(C)[nH]c(C(=O)N2CCC[C@H](C(=O)NCCN(C)C3CCCCC3)C2)c1C. The molecule has 0 radical (unpaired) electrons. The molecular weight excluding hydrogens is 408 g/mol. The molecule has 1 aliphatic carbocycles. The summed E-state index contributed by atoms with van der Waals surface area (Å²) in [5, 5.41) is 3.08. The number of nitrogens with zero attached hydrogens (tertiary/aromatic N) is 2. The maximum atomic E-state index is 13.1. The van der Waals surface area contributed by atoms with Crippen LogP contribution in [0.15, 0.2) is 0 Å². The quantitative estimate of drug-likeness (QED) is 0.628. The third-order valence-electron chi connectivity index (χ3n) is 7.08. The number of rotatable bonds is 7. The largest absolute Gasteiger partial charge is 0.465 e. The molecule has 2 amide bonds. The number of likely N-dealkylation sites (tertiary alicyclic amines) is 1. The Labute approximate surface area is 191 Å². The van der Waals surface area contributed by atoms with Crippen LogP contribution in [0.5, 0.6) is 0 Å². The van der Waals surface area contributed by atoms with Crippen LogP contribution in [0.3, 0.4) is 0 Å². The fourth-order valence-electron chi connectivity index (χ4n) is 5.11. The van der Waals surface area contributed by atoms with E-state index in [1.807, 2.05) is 0 Å². The van der Waals surface area contributed by atoms with Crippen LogP contribution in [0.2, 0.25) is 0 Å². The summed E-state index contributed by atoms with van der Waals surface area (Å²) < 4.78 is 4.84. The molecule has 0 spiro atoms. The van der Waals surface area contributed by atoms with Gasteiger partial charge in [-0.15, -0.1) is 0 Å². The molecule has 1 aromatic heterocycles. The van der Waals surface area contributed by atoms with Crippen LogP contribution in [0, 0.1) is 19.8 Å². The summed E-state index contributed by atoms with van der Waals surface area (Å²) in [7, 11) is 3.48. The number of amides is 2. The second-order valence-corrected chi connectivity index (χ2v) is 9.27. The van der Waals surface area contributed by atoms with E-state index in [0.717, 1.165) is 19.4 Å². The Hall–Kier alpha value is -2.35. The van der Waals surface area contributed by atoms with Gasteiger partial charge in [0.1, 0.15) is 5.69 Å². The van der Waals surface area contributed by atoms with E-state index in [-0.39, 0.29) is 17.7 Å². The molecular formula is C24H38N4O4. The van der Waals surface area contributed by atoms with E-state index in [9.17, 15) is 14.4 Å². The van der Waals surface area contributed by atoms with E-state index in [1.165, 1.54) is 39.2 Å². The molecule has 8 heteroatoms. The molecule has 8 nitrogen and oxygen atoms in total. The van der Waals surface area contributed by atoms with Gasteiger partial charge in [-0.2, -0.15) is 0 Å². The lowest BCUT2D eigenvalue weighted by Crippen LogP contribution is -2.47. The summed E-state index contributed by atoms with van der Waals surface area (Å²) in [5.41, 5.74) is 2.02. The molecule has 3 rings (SSSR count). The van der Waals surface area contributed by atoms with Gasteiger partial charge in [0.25, 0.3) is 5.91 Å². The van der Waals surface area contributed by atoms with Gasteiger partial charge in [-0.25, -0.2) is 4.79 Å². The van der Waals surface area contributed by atoms with Gasteiger partial charge in [-0.3, -0.25) is 9.59 Å². The Morgan fingerprint density at radius 3 is 2.53 bits per heavy atom. The molecule has 1 aromatic rings. The minimum Gasteiger partial charge on any atom is -0.465 e. The highest BCUT2D eigenvalue weighted by molar-refractivity contribution is 6.00. The van der Waals surface area contributed by atoms with Crippen molar-refractivity contribution < 1.29 is 19.1 Å². The highest BCUT2D eigenvalue weighted by Gasteiger charge is 2.31. The van der Waals surface area contributed by atoms with Gasteiger partial charge in [0.2, 0.25) is 5.91 Å². The van der Waals surface area contributed by atoms with Crippen LogP contribution >= 0.6 is 0 Å². The van der Waals surface area contributed by atoms with Crippen LogP contribution in [0.25, 0.3) is 0 Å². The average molecular weight is 447 g/mol. The Balaban J connectivity index is 1.54. The monoisotopic (exact) mass is 446 g/mol. The molecule has 0 bridgehead atoms. The maximum absolute atomic E-state index is 13.1. The summed E-state index contributed by atoms with van der Waals surface area (Å²) >= 11 is 0. The number of aryl methyl sites for hydroxylation is 1. The van der Waals surface area contributed by atoms with Gasteiger partial charge in [0.05, 0.1) is 18.6 Å². The number of carbonyl (C=O) groups is 3. The number of likely N-dealkylation sites (N-methyl/N-ethyl adjacent to an activating group) is 1. The van der Waals surface area contributed by atoms with E-state index in [2.05, 4.69) is 22.2 Å². The van der Waals surface area contributed by atoms with Crippen molar-refractivity contribution in [1.82, 2.24) is 20.1 Å². The van der Waals surface area contributed by atoms with Crippen molar-refractivity contribution >= 4 is 17.8 Å². The molecule has 1 atom stereocenters. The van der Waals surface area contributed by atoms with Crippen molar-refractivity contribution in [3.05, 3.63) is 22.5 Å². The van der Waals surface area contributed by atoms with Crippen LogP contribution < -0.4 is 5.32 Å². The third-order valence-corrected chi connectivity index (χ3v) is 7.08. The van der Waals surface area contributed by atoms with Crippen LogP contribution in [-0.2, 0) is 9.53 Å². The number of methoxy groups -OCH3 is 1. The average Bonchev–Trinajstić information content (AvgIpc) is 3.12. The van der Waals surface area contributed by atoms with E-state index in [0.29, 0.717) is 48.2 Å². The molecule has 2 aliphatic rings. The molecule has 2 fully saturated rings. The molecule has 32 heavy (non-hydrogen) atoms. The zero-order valence-electron chi connectivity index (χ0n) is 20.0. The predicted molar refractivity (Wildman–Crippen MR) is 123 cm³/mol. The molecule has 2 N–H and O–H groups in total. The van der Waals surface area contributed by atoms with Gasteiger partial charge < -0.3 is 24.8 Å². The minimum atomic E-state index is -0.454. The molecule has 1 aliphatic heterocycles. The smallest absolute Gasteiger partial charge is 0.339 e. The minimum absolute atomic E-state index is 0.0224. The van der Waals surface area contributed by atoms with Crippen LogP contribution in [0.1, 0.15) is 77.0 Å². The number of hydrogen-bond donors (Lipinski definition) is 2. The summed E-state index contributed by atoms with van der Waals surface area (Å²) in [6, 6.07) is 0.630. The first kappa shape index (κ1) is 24.3. The van der Waals surface area contributed by atoms with Gasteiger partial charge in [0.15, 0.2) is 0 Å². The first-order valence-electron chi connectivity index (χ1n) is 11.9. The number of piperidine rings is 1. The molecule has 0 unspecified atom stereocenters. The lowest BCUT2D eigenvalue weighted by atomic mass is 9.94. The topological polar surface area (TPSA) is 94.7 Å². The number of nitrogens with one attached hydrogen (secondary N) is 2. The molecule has 178 valence electrons. The Kier molecular flexibility index (Phi) is 8.34. The molecule has 1 saturated carbocycles. The van der Waals surface area contributed by atoms with E-state index in [1.54, 1.807) is 18.7 Å². The van der Waals surface area contributed by atoms with Gasteiger partial charge in [-0.05, 0) is 52.1 Å². The van der Waals surface area contributed by atoms with Crippen LogP contribution in [0.4, 0.5) is 0 Å². The molecule has 0 aromatic carbocycles. The van der Waals surface area contributed by atoms with Crippen molar-refractivity contribution in [3.63, 3.8) is 0 Å². The van der Waals surface area contributed by atoms with E-state index < -0.39 is 5.97 Å². The van der Waals surface area contributed by atoms with Crippen molar-refractivity contribution in [3.8, 4) is 0 Å². The summed E-state index contributed by atoms with van der Waals surface area (Å²) in [4.78, 5) is 45.1. The van der Waals surface area contributed by atoms with Crippen molar-refractivity contribution in [2.24, 2.45) is 5.92 Å². The van der Waals surface area contributed by atoms with Crippen molar-refractivity contribution in [2.75, 3.05) is 40.3 Å². The van der Waals surface area contributed by atoms with Crippen LogP contribution in [-0.4, -0.2) is 78.9 Å². The lowest BCUT2D eigenvalue weighted by Gasteiger charge is -2.33. The Bertz CT molecular complexity index is 828. The van der Waals surface area contributed by atoms with Gasteiger partial charge in [-0.1, -0.05) is 19.3 Å².